The molecule has 1 aliphatic rings. The fourth-order valence-electron chi connectivity index (χ4n) is 2.88. The molecule has 0 radical (unpaired) electrons. The number of rotatable bonds is 8. The molecule has 1 aliphatic carbocycles. The topological polar surface area (TPSA) is 53.7 Å². The van der Waals surface area contributed by atoms with Crippen LogP contribution < -0.4 is 15.2 Å². The van der Waals surface area contributed by atoms with Gasteiger partial charge in [0.05, 0.1) is 18.8 Å². The molecule has 0 saturated heterocycles. The van der Waals surface area contributed by atoms with E-state index in [9.17, 15) is 0 Å². The molecular formula is C17H27NO3. The van der Waals surface area contributed by atoms with Crippen LogP contribution in [-0.2, 0) is 4.74 Å². The largest absolute Gasteiger partial charge is 0.490 e. The molecule has 1 saturated carbocycles. The summed E-state index contributed by atoms with van der Waals surface area (Å²) < 4.78 is 16.9. The summed E-state index contributed by atoms with van der Waals surface area (Å²) in [6, 6.07) is 5.94. The Bertz CT molecular complexity index is 452. The lowest BCUT2D eigenvalue weighted by atomic mass is 9.75. The molecule has 0 amide bonds. The van der Waals surface area contributed by atoms with Gasteiger partial charge in [-0.15, -0.1) is 0 Å². The highest BCUT2D eigenvalue weighted by Gasteiger charge is 2.38. The van der Waals surface area contributed by atoms with E-state index in [0.717, 1.165) is 36.3 Å². The maximum absolute atomic E-state index is 6.38. The third-order valence-corrected chi connectivity index (χ3v) is 4.29. The van der Waals surface area contributed by atoms with Crippen LogP contribution in [0.5, 0.6) is 11.5 Å². The Morgan fingerprint density at radius 3 is 2.33 bits per heavy atom. The van der Waals surface area contributed by atoms with E-state index < -0.39 is 0 Å². The highest BCUT2D eigenvalue weighted by Crippen LogP contribution is 2.42. The van der Waals surface area contributed by atoms with Crippen molar-refractivity contribution in [2.45, 2.75) is 51.2 Å². The van der Waals surface area contributed by atoms with E-state index in [2.05, 4.69) is 0 Å². The van der Waals surface area contributed by atoms with E-state index in [4.69, 9.17) is 19.9 Å². The molecule has 0 heterocycles. The summed E-state index contributed by atoms with van der Waals surface area (Å²) in [4.78, 5) is 0. The summed E-state index contributed by atoms with van der Waals surface area (Å²) >= 11 is 0. The summed E-state index contributed by atoms with van der Waals surface area (Å²) in [5, 5.41) is 0. The lowest BCUT2D eigenvalue weighted by Gasteiger charge is -2.42. The van der Waals surface area contributed by atoms with Gasteiger partial charge in [0.25, 0.3) is 0 Å². The highest BCUT2D eigenvalue weighted by molar-refractivity contribution is 5.44. The van der Waals surface area contributed by atoms with Crippen LogP contribution in [0, 0.1) is 0 Å². The first-order valence-electron chi connectivity index (χ1n) is 7.84. The molecule has 4 nitrogen and oxygen atoms in total. The zero-order valence-electron chi connectivity index (χ0n) is 13.4. The summed E-state index contributed by atoms with van der Waals surface area (Å²) in [5.74, 6) is 1.55. The van der Waals surface area contributed by atoms with Crippen molar-refractivity contribution in [2.75, 3.05) is 20.3 Å². The first-order valence-corrected chi connectivity index (χ1v) is 7.84. The number of methoxy groups -OCH3 is 1. The van der Waals surface area contributed by atoms with Gasteiger partial charge in [0.1, 0.15) is 0 Å². The Kier molecular flexibility index (Phi) is 5.48. The minimum atomic E-state index is -0.0415. The average Bonchev–Trinajstić information content (AvgIpc) is 2.45. The van der Waals surface area contributed by atoms with E-state index in [0.29, 0.717) is 13.2 Å². The molecule has 1 aromatic carbocycles. The average molecular weight is 293 g/mol. The van der Waals surface area contributed by atoms with E-state index in [-0.39, 0.29) is 11.6 Å². The van der Waals surface area contributed by atoms with Crippen molar-refractivity contribution in [3.05, 3.63) is 23.8 Å². The van der Waals surface area contributed by atoms with Gasteiger partial charge >= 0.3 is 0 Å². The van der Waals surface area contributed by atoms with Gasteiger partial charge in [-0.2, -0.15) is 0 Å². The van der Waals surface area contributed by atoms with Crippen LogP contribution >= 0.6 is 0 Å². The Hall–Kier alpha value is -1.26. The van der Waals surface area contributed by atoms with Crippen molar-refractivity contribution in [3.8, 4) is 11.5 Å². The predicted molar refractivity (Wildman–Crippen MR) is 83.9 cm³/mol. The Morgan fingerprint density at radius 1 is 1.14 bits per heavy atom. The van der Waals surface area contributed by atoms with Crippen molar-refractivity contribution >= 4 is 0 Å². The monoisotopic (exact) mass is 293 g/mol. The SMILES string of the molecule is CCOc1ccc(C(N)CC2(OC)CCC2)cc1OCC. The summed E-state index contributed by atoms with van der Waals surface area (Å²) in [6.07, 6.45) is 4.29. The van der Waals surface area contributed by atoms with E-state index in [1.807, 2.05) is 32.0 Å². The van der Waals surface area contributed by atoms with Crippen LogP contribution in [-0.4, -0.2) is 25.9 Å². The number of nitrogens with two attached hydrogens (primary N) is 1. The van der Waals surface area contributed by atoms with Gasteiger partial charge in [0, 0.05) is 13.2 Å². The molecule has 0 spiro atoms. The fourth-order valence-corrected chi connectivity index (χ4v) is 2.88. The maximum Gasteiger partial charge on any atom is 0.161 e. The number of hydrogen-bond acceptors (Lipinski definition) is 4. The first kappa shape index (κ1) is 16.1. The lowest BCUT2D eigenvalue weighted by molar-refractivity contribution is -0.0817. The third kappa shape index (κ3) is 3.69. The molecule has 4 heteroatoms. The van der Waals surface area contributed by atoms with Gasteiger partial charge in [0.15, 0.2) is 11.5 Å². The summed E-state index contributed by atoms with van der Waals surface area (Å²) in [5.41, 5.74) is 7.43. The second-order valence-corrected chi connectivity index (χ2v) is 5.62. The van der Waals surface area contributed by atoms with Crippen molar-refractivity contribution in [3.63, 3.8) is 0 Å². The smallest absolute Gasteiger partial charge is 0.161 e. The van der Waals surface area contributed by atoms with Crippen LogP contribution in [0.3, 0.4) is 0 Å². The lowest BCUT2D eigenvalue weighted by Crippen LogP contribution is -2.41. The number of ether oxygens (including phenoxy) is 3. The molecular weight excluding hydrogens is 266 g/mol. The Balaban J connectivity index is 2.13. The van der Waals surface area contributed by atoms with Gasteiger partial charge in [-0.1, -0.05) is 6.07 Å². The van der Waals surface area contributed by atoms with Crippen LogP contribution in [0.2, 0.25) is 0 Å². The number of benzene rings is 1. The van der Waals surface area contributed by atoms with Gasteiger partial charge in [0.2, 0.25) is 0 Å². The molecule has 2 rings (SSSR count). The molecule has 118 valence electrons. The standard InChI is InChI=1S/C17H27NO3/c1-4-20-15-8-7-13(11-16(15)21-5-2)14(18)12-17(19-3)9-6-10-17/h7-8,11,14H,4-6,9-10,12,18H2,1-3H3. The van der Waals surface area contributed by atoms with Crippen LogP contribution in [0.4, 0.5) is 0 Å². The minimum Gasteiger partial charge on any atom is -0.490 e. The highest BCUT2D eigenvalue weighted by atomic mass is 16.5. The van der Waals surface area contributed by atoms with Crippen LogP contribution in [0.25, 0.3) is 0 Å². The maximum atomic E-state index is 6.38. The summed E-state index contributed by atoms with van der Waals surface area (Å²) in [6.45, 7) is 5.17. The second-order valence-electron chi connectivity index (χ2n) is 5.62. The Morgan fingerprint density at radius 2 is 1.81 bits per heavy atom. The normalized spacial score (nSPS) is 17.9. The van der Waals surface area contributed by atoms with E-state index >= 15 is 0 Å². The molecule has 0 bridgehead atoms. The molecule has 2 N–H and O–H groups in total. The zero-order chi connectivity index (χ0) is 15.3. The minimum absolute atomic E-state index is 0.0240. The molecule has 1 unspecified atom stereocenters. The molecule has 1 aromatic rings. The third-order valence-electron chi connectivity index (χ3n) is 4.29. The summed E-state index contributed by atoms with van der Waals surface area (Å²) in [7, 11) is 1.79. The molecule has 1 atom stereocenters. The second kappa shape index (κ2) is 7.14. The molecule has 21 heavy (non-hydrogen) atoms. The molecule has 0 aromatic heterocycles. The van der Waals surface area contributed by atoms with Gasteiger partial charge in [-0.05, 0) is 57.2 Å². The van der Waals surface area contributed by atoms with Gasteiger partial charge in [-0.3, -0.25) is 0 Å². The van der Waals surface area contributed by atoms with Crippen molar-refractivity contribution in [2.24, 2.45) is 5.73 Å². The molecule has 1 fully saturated rings. The van der Waals surface area contributed by atoms with E-state index in [1.54, 1.807) is 7.11 Å². The first-order chi connectivity index (χ1) is 10.1. The fraction of sp³-hybridized carbons (Fsp3) is 0.647. The zero-order valence-corrected chi connectivity index (χ0v) is 13.4. The van der Waals surface area contributed by atoms with Gasteiger partial charge in [-0.25, -0.2) is 0 Å². The Labute approximate surface area is 127 Å². The van der Waals surface area contributed by atoms with E-state index in [1.165, 1.54) is 6.42 Å². The van der Waals surface area contributed by atoms with Crippen molar-refractivity contribution in [1.29, 1.82) is 0 Å². The van der Waals surface area contributed by atoms with Crippen LogP contribution in [0.15, 0.2) is 18.2 Å². The molecule has 0 aliphatic heterocycles. The van der Waals surface area contributed by atoms with Crippen molar-refractivity contribution in [1.82, 2.24) is 0 Å². The van der Waals surface area contributed by atoms with Gasteiger partial charge < -0.3 is 19.9 Å². The number of hydrogen-bond donors (Lipinski definition) is 1. The van der Waals surface area contributed by atoms with Crippen LogP contribution in [0.1, 0.15) is 51.1 Å². The quantitative estimate of drug-likeness (QED) is 0.797. The predicted octanol–water partition coefficient (Wildman–Crippen LogP) is 3.44. The van der Waals surface area contributed by atoms with Crippen molar-refractivity contribution < 1.29 is 14.2 Å².